The third-order valence-corrected chi connectivity index (χ3v) is 3.53. The summed E-state index contributed by atoms with van der Waals surface area (Å²) in [6.45, 7) is 3.69. The van der Waals surface area contributed by atoms with Crippen molar-refractivity contribution in [1.29, 1.82) is 0 Å². The maximum atomic E-state index is 11.6. The highest BCUT2D eigenvalue weighted by atomic mass is 16.5. The van der Waals surface area contributed by atoms with Crippen LogP contribution in [0.4, 0.5) is 0 Å². The van der Waals surface area contributed by atoms with E-state index in [2.05, 4.69) is 12.2 Å². The molecule has 6 heteroatoms. The van der Waals surface area contributed by atoms with Gasteiger partial charge >= 0.3 is 11.9 Å². The van der Waals surface area contributed by atoms with Crippen LogP contribution in [0, 0.1) is 5.92 Å². The number of nitrogens with one attached hydrogen (secondary N) is 1. The van der Waals surface area contributed by atoms with Crippen LogP contribution in [0.5, 0.6) is 0 Å². The largest absolute Gasteiger partial charge is 0.480 e. The molecule has 0 radical (unpaired) electrons. The fraction of sp³-hybridized carbons (Fsp3) is 0.786. The highest BCUT2D eigenvalue weighted by Gasteiger charge is 2.48. The van der Waals surface area contributed by atoms with Crippen LogP contribution in [0.3, 0.4) is 0 Å². The molecule has 6 nitrogen and oxygen atoms in total. The van der Waals surface area contributed by atoms with Gasteiger partial charge in [0.05, 0.1) is 0 Å². The van der Waals surface area contributed by atoms with Crippen LogP contribution in [-0.4, -0.2) is 35.1 Å². The van der Waals surface area contributed by atoms with E-state index >= 15 is 0 Å². The molecule has 1 aliphatic heterocycles. The van der Waals surface area contributed by atoms with Gasteiger partial charge in [0.2, 0.25) is 5.91 Å². The van der Waals surface area contributed by atoms with Gasteiger partial charge < -0.3 is 15.2 Å². The van der Waals surface area contributed by atoms with Gasteiger partial charge in [-0.25, -0.2) is 4.79 Å². The molecule has 0 spiro atoms. The van der Waals surface area contributed by atoms with Crippen molar-refractivity contribution in [2.45, 2.75) is 64.5 Å². The Morgan fingerprint density at radius 3 is 2.50 bits per heavy atom. The second-order valence-electron chi connectivity index (χ2n) is 5.21. The number of β-lactam (4-membered cyclic amide) rings is 1. The summed E-state index contributed by atoms with van der Waals surface area (Å²) < 4.78 is 5.15. The first-order valence-corrected chi connectivity index (χ1v) is 7.20. The molecule has 0 aliphatic carbocycles. The third-order valence-electron chi connectivity index (χ3n) is 3.53. The molecule has 3 atom stereocenters. The van der Waals surface area contributed by atoms with Gasteiger partial charge in [-0.15, -0.1) is 0 Å². The first-order chi connectivity index (χ1) is 9.47. The number of carbonyl (C=O) groups excluding carboxylic acids is 2. The average molecular weight is 285 g/mol. The van der Waals surface area contributed by atoms with Crippen molar-refractivity contribution in [3.63, 3.8) is 0 Å². The summed E-state index contributed by atoms with van der Waals surface area (Å²) in [5.41, 5.74) is 0. The molecule has 2 N–H and O–H groups in total. The molecule has 0 bridgehead atoms. The van der Waals surface area contributed by atoms with Crippen LogP contribution in [0.25, 0.3) is 0 Å². The fourth-order valence-electron chi connectivity index (χ4n) is 2.31. The highest BCUT2D eigenvalue weighted by molar-refractivity contribution is 5.97. The predicted octanol–water partition coefficient (Wildman–Crippen LogP) is 1.48. The highest BCUT2D eigenvalue weighted by Crippen LogP contribution is 2.22. The van der Waals surface area contributed by atoms with E-state index in [1.165, 1.54) is 0 Å². The van der Waals surface area contributed by atoms with Crippen molar-refractivity contribution in [1.82, 2.24) is 5.32 Å². The lowest BCUT2D eigenvalue weighted by Gasteiger charge is -2.36. The summed E-state index contributed by atoms with van der Waals surface area (Å²) in [5, 5.41) is 11.2. The molecular formula is C14H23NO5. The first kappa shape index (κ1) is 16.5. The first-order valence-electron chi connectivity index (χ1n) is 7.20. The van der Waals surface area contributed by atoms with E-state index in [4.69, 9.17) is 9.84 Å². The molecule has 1 saturated heterocycles. The van der Waals surface area contributed by atoms with Crippen LogP contribution in [0.2, 0.25) is 0 Å². The van der Waals surface area contributed by atoms with Crippen LogP contribution in [0.1, 0.15) is 52.4 Å². The summed E-state index contributed by atoms with van der Waals surface area (Å²) in [6, 6.07) is -0.949. The third kappa shape index (κ3) is 4.51. The van der Waals surface area contributed by atoms with E-state index < -0.39 is 24.0 Å². The Balaban J connectivity index is 2.27. The standard InChI is InChI=1S/C14H23NO5/c1-3-4-5-6-7-8-10(16)20-9(2)11-12(14(18)19)15-13(11)17/h9,11-12H,3-8H2,1-2H3,(H,15,17)(H,18,19)/t9-,11-,12-/m1/s1. The van der Waals surface area contributed by atoms with E-state index in [-0.39, 0.29) is 11.9 Å². The van der Waals surface area contributed by atoms with E-state index in [1.54, 1.807) is 6.92 Å². The van der Waals surface area contributed by atoms with Crippen molar-refractivity contribution < 1.29 is 24.2 Å². The minimum absolute atomic E-state index is 0.320. The molecule has 1 fully saturated rings. The Morgan fingerprint density at radius 1 is 1.30 bits per heavy atom. The number of carbonyl (C=O) groups is 3. The number of hydrogen-bond acceptors (Lipinski definition) is 4. The van der Waals surface area contributed by atoms with Crippen molar-refractivity contribution in [2.75, 3.05) is 0 Å². The van der Waals surface area contributed by atoms with Crippen molar-refractivity contribution in [2.24, 2.45) is 5.92 Å². The molecule has 0 unspecified atom stereocenters. The second kappa shape index (κ2) is 7.87. The molecule has 1 heterocycles. The Bertz CT molecular complexity index is 369. The number of aliphatic carboxylic acids is 1. The van der Waals surface area contributed by atoms with Gasteiger partial charge in [-0.05, 0) is 13.3 Å². The van der Waals surface area contributed by atoms with Crippen LogP contribution < -0.4 is 5.32 Å². The number of amides is 1. The molecule has 1 rings (SSSR count). The van der Waals surface area contributed by atoms with Gasteiger partial charge in [-0.2, -0.15) is 0 Å². The number of hydrogen-bond donors (Lipinski definition) is 2. The minimum Gasteiger partial charge on any atom is -0.480 e. The number of ether oxygens (including phenoxy) is 1. The zero-order valence-corrected chi connectivity index (χ0v) is 12.1. The zero-order valence-electron chi connectivity index (χ0n) is 12.1. The van der Waals surface area contributed by atoms with Gasteiger partial charge in [-0.1, -0.05) is 32.6 Å². The lowest BCUT2D eigenvalue weighted by molar-refractivity contribution is -0.166. The van der Waals surface area contributed by atoms with Crippen molar-refractivity contribution in [3.05, 3.63) is 0 Å². The van der Waals surface area contributed by atoms with Crippen LogP contribution in [-0.2, 0) is 19.1 Å². The van der Waals surface area contributed by atoms with E-state index in [9.17, 15) is 14.4 Å². The monoisotopic (exact) mass is 285 g/mol. The predicted molar refractivity (Wildman–Crippen MR) is 72.0 cm³/mol. The zero-order chi connectivity index (χ0) is 15.1. The number of carboxylic acids is 1. The molecule has 1 amide bonds. The molecular weight excluding hydrogens is 262 g/mol. The van der Waals surface area contributed by atoms with Gasteiger partial charge in [0.1, 0.15) is 18.1 Å². The average Bonchev–Trinajstić information content (AvgIpc) is 2.34. The van der Waals surface area contributed by atoms with Crippen molar-refractivity contribution in [3.8, 4) is 0 Å². The molecule has 0 aromatic carbocycles. The normalized spacial score (nSPS) is 22.6. The van der Waals surface area contributed by atoms with E-state index in [0.717, 1.165) is 32.1 Å². The number of carboxylic acid groups (broad SMARTS) is 1. The molecule has 0 saturated carbocycles. The number of esters is 1. The summed E-state index contributed by atoms with van der Waals surface area (Å²) in [6.07, 6.45) is 4.78. The van der Waals surface area contributed by atoms with Crippen molar-refractivity contribution >= 4 is 17.8 Å². The van der Waals surface area contributed by atoms with E-state index in [1.807, 2.05) is 0 Å². The Labute approximate surface area is 118 Å². The number of unbranched alkanes of at least 4 members (excludes halogenated alkanes) is 4. The Morgan fingerprint density at radius 2 is 1.95 bits per heavy atom. The Kier molecular flexibility index (Phi) is 6.48. The SMILES string of the molecule is CCCCCCCC(=O)O[C@H](C)[C@H]1C(=O)N[C@H]1C(=O)O. The minimum atomic E-state index is -1.10. The fourth-order valence-corrected chi connectivity index (χ4v) is 2.31. The second-order valence-corrected chi connectivity index (χ2v) is 5.21. The smallest absolute Gasteiger partial charge is 0.327 e. The maximum Gasteiger partial charge on any atom is 0.327 e. The van der Waals surface area contributed by atoms with Crippen LogP contribution in [0.15, 0.2) is 0 Å². The lowest BCUT2D eigenvalue weighted by atomic mass is 9.86. The quantitative estimate of drug-likeness (QED) is 0.380. The van der Waals surface area contributed by atoms with Gasteiger partial charge in [-0.3, -0.25) is 9.59 Å². The lowest BCUT2D eigenvalue weighted by Crippen LogP contribution is -2.65. The molecule has 0 aromatic rings. The summed E-state index contributed by atoms with van der Waals surface area (Å²) in [5.74, 6) is -2.62. The molecule has 0 aromatic heterocycles. The van der Waals surface area contributed by atoms with E-state index in [0.29, 0.717) is 6.42 Å². The van der Waals surface area contributed by atoms with Gasteiger partial charge in [0, 0.05) is 6.42 Å². The van der Waals surface area contributed by atoms with Gasteiger partial charge in [0.15, 0.2) is 0 Å². The summed E-state index contributed by atoms with van der Waals surface area (Å²) >= 11 is 0. The maximum absolute atomic E-state index is 11.6. The topological polar surface area (TPSA) is 92.7 Å². The summed E-state index contributed by atoms with van der Waals surface area (Å²) in [7, 11) is 0. The van der Waals surface area contributed by atoms with Gasteiger partial charge in [0.25, 0.3) is 0 Å². The van der Waals surface area contributed by atoms with Crippen LogP contribution >= 0.6 is 0 Å². The summed E-state index contributed by atoms with van der Waals surface area (Å²) in [4.78, 5) is 33.8. The molecule has 1 aliphatic rings. The number of rotatable bonds is 9. The Hall–Kier alpha value is -1.59. The molecule has 20 heavy (non-hydrogen) atoms. The molecule has 114 valence electrons.